The van der Waals surface area contributed by atoms with Gasteiger partial charge < -0.3 is 14.6 Å². The topological polar surface area (TPSA) is 72.8 Å². The first-order valence-corrected chi connectivity index (χ1v) is 7.01. The number of carbonyl (C=O) groups is 2. The van der Waals surface area contributed by atoms with Crippen molar-refractivity contribution in [3.05, 3.63) is 42.5 Å². The summed E-state index contributed by atoms with van der Waals surface area (Å²) in [7, 11) is 0. The zero-order valence-corrected chi connectivity index (χ0v) is 12.6. The molecule has 0 saturated heterocycles. The van der Waals surface area contributed by atoms with Crippen LogP contribution in [-0.4, -0.2) is 17.0 Å². The molecule has 0 aromatic heterocycles. The lowest BCUT2D eigenvalue weighted by molar-refractivity contribution is -0.132. The summed E-state index contributed by atoms with van der Waals surface area (Å²) in [4.78, 5) is 22.5. The van der Waals surface area contributed by atoms with Crippen molar-refractivity contribution >= 4 is 33.5 Å². The van der Waals surface area contributed by atoms with Crippen molar-refractivity contribution in [1.82, 2.24) is 0 Å². The molecule has 0 aliphatic heterocycles. The van der Waals surface area contributed by atoms with Gasteiger partial charge in [-0.1, -0.05) is 24.3 Å². The third-order valence-corrected chi connectivity index (χ3v) is 3.41. The molecule has 0 heterocycles. The van der Waals surface area contributed by atoms with E-state index in [1.807, 2.05) is 6.07 Å². The van der Waals surface area contributed by atoms with Crippen LogP contribution >= 0.6 is 0 Å². The molecule has 3 aromatic rings. The lowest BCUT2D eigenvalue weighted by Crippen LogP contribution is -2.03. The highest BCUT2D eigenvalue weighted by Crippen LogP contribution is 2.43. The van der Waals surface area contributed by atoms with Gasteiger partial charge in [-0.15, -0.1) is 0 Å². The second kappa shape index (κ2) is 5.61. The largest absolute Gasteiger partial charge is 0.506 e. The summed E-state index contributed by atoms with van der Waals surface area (Å²) >= 11 is 0. The molecule has 5 nitrogen and oxygen atoms in total. The minimum Gasteiger partial charge on any atom is -0.506 e. The van der Waals surface area contributed by atoms with E-state index >= 15 is 0 Å². The fourth-order valence-electron chi connectivity index (χ4n) is 2.62. The van der Waals surface area contributed by atoms with Gasteiger partial charge in [-0.25, -0.2) is 0 Å². The van der Waals surface area contributed by atoms with Gasteiger partial charge in [-0.3, -0.25) is 9.59 Å². The van der Waals surface area contributed by atoms with Crippen LogP contribution in [0.25, 0.3) is 21.5 Å². The predicted molar refractivity (Wildman–Crippen MR) is 85.7 cm³/mol. The van der Waals surface area contributed by atoms with Gasteiger partial charge in [0.2, 0.25) is 0 Å². The first kappa shape index (κ1) is 14.8. The molecule has 0 amide bonds. The molecule has 0 aliphatic carbocycles. The van der Waals surface area contributed by atoms with Crippen molar-refractivity contribution < 1.29 is 24.2 Å². The second-order valence-electron chi connectivity index (χ2n) is 5.12. The third-order valence-electron chi connectivity index (χ3n) is 3.41. The molecule has 0 atom stereocenters. The lowest BCUT2D eigenvalue weighted by Gasteiger charge is -2.13. The smallest absolute Gasteiger partial charge is 0.308 e. The summed E-state index contributed by atoms with van der Waals surface area (Å²) in [5.74, 6) is -0.541. The average Bonchev–Trinajstić information content (AvgIpc) is 2.46. The predicted octanol–water partition coefficient (Wildman–Crippen LogP) is 3.55. The van der Waals surface area contributed by atoms with E-state index in [1.165, 1.54) is 13.8 Å². The fraction of sp³-hybridized carbons (Fsp3) is 0.111. The van der Waals surface area contributed by atoms with Crippen molar-refractivity contribution in [2.24, 2.45) is 0 Å². The van der Waals surface area contributed by atoms with Gasteiger partial charge in [0, 0.05) is 13.8 Å². The Balaban J connectivity index is 2.38. The molecular formula is C18H14O5. The summed E-state index contributed by atoms with van der Waals surface area (Å²) in [6.07, 6.45) is 0. The molecule has 116 valence electrons. The molecular weight excluding hydrogens is 296 g/mol. The normalized spacial score (nSPS) is 10.7. The zero-order valence-electron chi connectivity index (χ0n) is 12.6. The van der Waals surface area contributed by atoms with Gasteiger partial charge in [0.15, 0.2) is 0 Å². The van der Waals surface area contributed by atoms with Crippen molar-refractivity contribution in [3.63, 3.8) is 0 Å². The second-order valence-corrected chi connectivity index (χ2v) is 5.12. The number of phenols is 1. The first-order chi connectivity index (χ1) is 11.0. The van der Waals surface area contributed by atoms with Gasteiger partial charge in [-0.05, 0) is 29.0 Å². The summed E-state index contributed by atoms with van der Waals surface area (Å²) in [6, 6.07) is 12.1. The van der Waals surface area contributed by atoms with Crippen LogP contribution < -0.4 is 9.47 Å². The molecule has 0 unspecified atom stereocenters. The van der Waals surface area contributed by atoms with E-state index < -0.39 is 11.9 Å². The van der Waals surface area contributed by atoms with Gasteiger partial charge in [0.25, 0.3) is 0 Å². The molecule has 23 heavy (non-hydrogen) atoms. The van der Waals surface area contributed by atoms with Crippen LogP contribution in [0.15, 0.2) is 42.5 Å². The van der Waals surface area contributed by atoms with E-state index in [2.05, 4.69) is 0 Å². The molecule has 1 N–H and O–H groups in total. The molecule has 0 bridgehead atoms. The van der Waals surface area contributed by atoms with Crippen LogP contribution in [0.4, 0.5) is 0 Å². The van der Waals surface area contributed by atoms with Crippen molar-refractivity contribution in [3.8, 4) is 17.2 Å². The first-order valence-electron chi connectivity index (χ1n) is 7.01. The van der Waals surface area contributed by atoms with Gasteiger partial charge in [-0.2, -0.15) is 0 Å². The highest BCUT2D eigenvalue weighted by molar-refractivity contribution is 6.10. The van der Waals surface area contributed by atoms with Crippen molar-refractivity contribution in [2.45, 2.75) is 13.8 Å². The Kier molecular flexibility index (Phi) is 3.62. The minimum absolute atomic E-state index is 0.0915. The maximum Gasteiger partial charge on any atom is 0.308 e. The quantitative estimate of drug-likeness (QED) is 0.445. The summed E-state index contributed by atoms with van der Waals surface area (Å²) in [5, 5.41) is 12.9. The highest BCUT2D eigenvalue weighted by Gasteiger charge is 2.16. The number of benzene rings is 3. The summed E-state index contributed by atoms with van der Waals surface area (Å²) in [5.41, 5.74) is 0. The number of hydrogen-bond donors (Lipinski definition) is 1. The monoisotopic (exact) mass is 310 g/mol. The number of ether oxygens (including phenoxy) is 2. The molecule has 0 radical (unpaired) electrons. The molecule has 0 fully saturated rings. The Labute approximate surface area is 132 Å². The van der Waals surface area contributed by atoms with E-state index in [0.717, 1.165) is 0 Å². The molecule has 3 rings (SSSR count). The van der Waals surface area contributed by atoms with E-state index in [9.17, 15) is 14.7 Å². The molecule has 0 spiro atoms. The Morgan fingerprint density at radius 3 is 1.65 bits per heavy atom. The summed E-state index contributed by atoms with van der Waals surface area (Å²) in [6.45, 7) is 2.59. The Morgan fingerprint density at radius 1 is 0.826 bits per heavy atom. The Bertz CT molecular complexity index is 869. The van der Waals surface area contributed by atoms with Crippen LogP contribution in [0.1, 0.15) is 13.8 Å². The Morgan fingerprint density at radius 2 is 1.26 bits per heavy atom. The van der Waals surface area contributed by atoms with Crippen molar-refractivity contribution in [1.29, 1.82) is 0 Å². The molecule has 5 heteroatoms. The van der Waals surface area contributed by atoms with Crippen LogP contribution in [0, 0.1) is 0 Å². The number of fused-ring (bicyclic) bond motifs is 2. The van der Waals surface area contributed by atoms with Crippen LogP contribution in [0.2, 0.25) is 0 Å². The van der Waals surface area contributed by atoms with E-state index in [-0.39, 0.29) is 17.2 Å². The SMILES string of the molecule is CC(=O)Oc1cccc2cc3cccc(OC(C)=O)c3c(O)c12. The van der Waals surface area contributed by atoms with Crippen LogP contribution in [0.5, 0.6) is 17.2 Å². The average molecular weight is 310 g/mol. The van der Waals surface area contributed by atoms with Crippen LogP contribution in [0.3, 0.4) is 0 Å². The van der Waals surface area contributed by atoms with E-state index in [0.29, 0.717) is 21.5 Å². The molecule has 0 aliphatic rings. The third kappa shape index (κ3) is 2.68. The number of rotatable bonds is 2. The number of phenolic OH excluding ortho intramolecular Hbond substituents is 1. The van der Waals surface area contributed by atoms with Gasteiger partial charge in [0.1, 0.15) is 17.2 Å². The maximum absolute atomic E-state index is 11.3. The Hall–Kier alpha value is -3.08. The van der Waals surface area contributed by atoms with Gasteiger partial charge >= 0.3 is 11.9 Å². The van der Waals surface area contributed by atoms with Gasteiger partial charge in [0.05, 0.1) is 10.8 Å². The van der Waals surface area contributed by atoms with Crippen LogP contribution in [-0.2, 0) is 9.59 Å². The lowest BCUT2D eigenvalue weighted by atomic mass is 10.0. The number of aromatic hydroxyl groups is 1. The van der Waals surface area contributed by atoms with E-state index in [1.54, 1.807) is 36.4 Å². The minimum atomic E-state index is -0.481. The standard InChI is InChI=1S/C18H14O5/c1-10(19)22-14-7-3-5-12-9-13-6-4-8-15(23-11(2)20)17(13)18(21)16(12)14/h3-9,21H,1-2H3. The molecule has 3 aromatic carbocycles. The number of hydrogen-bond acceptors (Lipinski definition) is 5. The number of carbonyl (C=O) groups excluding carboxylic acids is 2. The fourth-order valence-corrected chi connectivity index (χ4v) is 2.62. The molecule has 0 saturated carbocycles. The zero-order chi connectivity index (χ0) is 16.6. The highest BCUT2D eigenvalue weighted by atomic mass is 16.5. The summed E-state index contributed by atoms with van der Waals surface area (Å²) < 4.78 is 10.3. The maximum atomic E-state index is 11.3. The van der Waals surface area contributed by atoms with Crippen molar-refractivity contribution in [2.75, 3.05) is 0 Å². The van der Waals surface area contributed by atoms with E-state index in [4.69, 9.17) is 9.47 Å². The number of esters is 2.